The first-order valence-corrected chi connectivity index (χ1v) is 7.47. The zero-order chi connectivity index (χ0) is 17.5. The van der Waals surface area contributed by atoms with E-state index < -0.39 is 23.9 Å². The molecule has 0 aromatic heterocycles. The van der Waals surface area contributed by atoms with Gasteiger partial charge in [0.1, 0.15) is 18.5 Å². The van der Waals surface area contributed by atoms with E-state index in [2.05, 4.69) is 5.32 Å². The highest BCUT2D eigenvalue weighted by molar-refractivity contribution is 6.30. The van der Waals surface area contributed by atoms with Crippen LogP contribution in [0.4, 0.5) is 9.18 Å². The third kappa shape index (κ3) is 5.24. The summed E-state index contributed by atoms with van der Waals surface area (Å²) in [6.07, 6.45) is -0.954. The minimum atomic E-state index is -1.25. The molecule has 0 heterocycles. The van der Waals surface area contributed by atoms with Crippen LogP contribution in [-0.4, -0.2) is 23.2 Å². The summed E-state index contributed by atoms with van der Waals surface area (Å²) in [5.74, 6) is -1.90. The first-order valence-electron chi connectivity index (χ1n) is 7.09. The second-order valence-corrected chi connectivity index (χ2v) is 5.46. The minimum absolute atomic E-state index is 0.0224. The number of alkyl carbamates (subject to hydrolysis) is 1. The number of benzene rings is 2. The van der Waals surface area contributed by atoms with Gasteiger partial charge in [0.05, 0.1) is 5.02 Å². The smallest absolute Gasteiger partial charge is 0.408 e. The molecule has 2 N–H and O–H groups in total. The van der Waals surface area contributed by atoms with E-state index in [1.807, 2.05) is 6.07 Å². The predicted octanol–water partition coefficient (Wildman–Crippen LogP) is 3.40. The maximum Gasteiger partial charge on any atom is 0.408 e. The monoisotopic (exact) mass is 351 g/mol. The normalized spacial score (nSPS) is 11.6. The molecule has 0 spiro atoms. The summed E-state index contributed by atoms with van der Waals surface area (Å²) in [6.45, 7) is 0.0224. The van der Waals surface area contributed by atoms with Crippen LogP contribution in [0, 0.1) is 5.82 Å². The van der Waals surface area contributed by atoms with Crippen LogP contribution in [0.3, 0.4) is 0 Å². The number of carboxylic acid groups (broad SMARTS) is 1. The lowest BCUT2D eigenvalue weighted by molar-refractivity contribution is -0.139. The molecular weight excluding hydrogens is 337 g/mol. The van der Waals surface area contributed by atoms with E-state index in [9.17, 15) is 19.1 Å². The van der Waals surface area contributed by atoms with Gasteiger partial charge in [-0.1, -0.05) is 48.0 Å². The van der Waals surface area contributed by atoms with Crippen molar-refractivity contribution in [3.05, 3.63) is 70.5 Å². The first-order chi connectivity index (χ1) is 11.5. The minimum Gasteiger partial charge on any atom is -0.480 e. The molecule has 2 rings (SSSR count). The summed E-state index contributed by atoms with van der Waals surface area (Å²) in [5.41, 5.74) is 1.17. The van der Waals surface area contributed by atoms with Gasteiger partial charge < -0.3 is 15.2 Å². The number of aliphatic carboxylic acids is 1. The molecule has 2 aromatic rings. The molecular formula is C17H15ClFNO4. The van der Waals surface area contributed by atoms with Gasteiger partial charge in [-0.2, -0.15) is 0 Å². The van der Waals surface area contributed by atoms with Crippen molar-refractivity contribution in [1.82, 2.24) is 5.32 Å². The van der Waals surface area contributed by atoms with E-state index in [4.69, 9.17) is 16.3 Å². The molecule has 24 heavy (non-hydrogen) atoms. The van der Waals surface area contributed by atoms with Crippen molar-refractivity contribution in [2.45, 2.75) is 19.1 Å². The van der Waals surface area contributed by atoms with Crippen LogP contribution in [-0.2, 0) is 22.6 Å². The van der Waals surface area contributed by atoms with Crippen LogP contribution in [0.1, 0.15) is 11.1 Å². The van der Waals surface area contributed by atoms with Crippen molar-refractivity contribution < 1.29 is 23.8 Å². The van der Waals surface area contributed by atoms with Gasteiger partial charge in [0, 0.05) is 6.42 Å². The molecule has 0 aliphatic heterocycles. The molecule has 0 radical (unpaired) electrons. The molecule has 5 nitrogen and oxygen atoms in total. The number of hydrogen-bond acceptors (Lipinski definition) is 3. The van der Waals surface area contributed by atoms with Crippen LogP contribution in [0.25, 0.3) is 0 Å². The van der Waals surface area contributed by atoms with Gasteiger partial charge in [-0.05, 0) is 23.3 Å². The second kappa shape index (κ2) is 8.31. The summed E-state index contributed by atoms with van der Waals surface area (Å²) in [4.78, 5) is 23.0. The third-order valence-electron chi connectivity index (χ3n) is 3.23. The summed E-state index contributed by atoms with van der Waals surface area (Å²) < 4.78 is 18.4. The third-order valence-corrected chi connectivity index (χ3v) is 3.53. The van der Waals surface area contributed by atoms with Crippen molar-refractivity contribution >= 4 is 23.7 Å². The van der Waals surface area contributed by atoms with Crippen LogP contribution in [0.15, 0.2) is 48.5 Å². The Kier molecular flexibility index (Phi) is 6.14. The number of ether oxygens (including phenoxy) is 1. The van der Waals surface area contributed by atoms with E-state index in [1.165, 1.54) is 12.1 Å². The van der Waals surface area contributed by atoms with Gasteiger partial charge in [0.2, 0.25) is 0 Å². The highest BCUT2D eigenvalue weighted by Gasteiger charge is 2.21. The Labute approximate surface area is 143 Å². The number of rotatable bonds is 6. The number of amides is 1. The van der Waals surface area contributed by atoms with Gasteiger partial charge in [0.25, 0.3) is 0 Å². The average molecular weight is 352 g/mol. The molecule has 0 unspecified atom stereocenters. The van der Waals surface area contributed by atoms with Gasteiger partial charge in [-0.15, -0.1) is 0 Å². The highest BCUT2D eigenvalue weighted by atomic mass is 35.5. The summed E-state index contributed by atoms with van der Waals surface area (Å²) in [7, 11) is 0. The Morgan fingerprint density at radius 3 is 2.50 bits per heavy atom. The molecule has 0 aliphatic carbocycles. The summed E-state index contributed by atoms with van der Waals surface area (Å²) >= 11 is 5.58. The zero-order valence-corrected chi connectivity index (χ0v) is 13.3. The first kappa shape index (κ1) is 17.7. The van der Waals surface area contributed by atoms with E-state index >= 15 is 0 Å². The Morgan fingerprint density at radius 1 is 1.17 bits per heavy atom. The molecule has 0 fully saturated rings. The quantitative estimate of drug-likeness (QED) is 0.836. The number of carbonyl (C=O) groups excluding carboxylic acids is 1. The molecule has 7 heteroatoms. The number of hydrogen-bond donors (Lipinski definition) is 2. The molecule has 0 saturated carbocycles. The van der Waals surface area contributed by atoms with Crippen molar-refractivity contribution in [3.8, 4) is 0 Å². The fourth-order valence-corrected chi connectivity index (χ4v) is 2.13. The highest BCUT2D eigenvalue weighted by Crippen LogP contribution is 2.16. The van der Waals surface area contributed by atoms with E-state index in [-0.39, 0.29) is 18.1 Å². The predicted molar refractivity (Wildman–Crippen MR) is 86.3 cm³/mol. The Hall–Kier alpha value is -2.60. The van der Waals surface area contributed by atoms with Crippen molar-refractivity contribution in [1.29, 1.82) is 0 Å². The number of halogens is 2. The number of carboxylic acids is 1. The van der Waals surface area contributed by atoms with E-state index in [0.717, 1.165) is 11.6 Å². The van der Waals surface area contributed by atoms with E-state index in [1.54, 1.807) is 24.3 Å². The SMILES string of the molecule is O=C(N[C@H](Cc1ccc(Cl)c(F)c1)C(=O)O)OCc1ccccc1. The Balaban J connectivity index is 1.93. The number of carbonyl (C=O) groups is 2. The second-order valence-electron chi connectivity index (χ2n) is 5.05. The van der Waals surface area contributed by atoms with Crippen molar-refractivity contribution in [2.24, 2.45) is 0 Å². The molecule has 2 aromatic carbocycles. The van der Waals surface area contributed by atoms with Gasteiger partial charge in [0.15, 0.2) is 0 Å². The van der Waals surface area contributed by atoms with Crippen LogP contribution < -0.4 is 5.32 Å². The maximum atomic E-state index is 13.4. The largest absolute Gasteiger partial charge is 0.480 e. The average Bonchev–Trinajstić information content (AvgIpc) is 2.56. The lowest BCUT2D eigenvalue weighted by Crippen LogP contribution is -2.42. The Bertz CT molecular complexity index is 724. The van der Waals surface area contributed by atoms with Crippen molar-refractivity contribution in [3.63, 3.8) is 0 Å². The fraction of sp³-hybridized carbons (Fsp3) is 0.176. The van der Waals surface area contributed by atoms with Gasteiger partial charge >= 0.3 is 12.1 Å². The lowest BCUT2D eigenvalue weighted by atomic mass is 10.1. The Morgan fingerprint density at radius 2 is 1.88 bits per heavy atom. The molecule has 0 bridgehead atoms. The zero-order valence-electron chi connectivity index (χ0n) is 12.5. The number of nitrogens with one attached hydrogen (secondary N) is 1. The fourth-order valence-electron chi connectivity index (χ4n) is 2.01. The van der Waals surface area contributed by atoms with Gasteiger partial charge in [-0.3, -0.25) is 0 Å². The molecule has 0 aliphatic rings. The maximum absolute atomic E-state index is 13.4. The topological polar surface area (TPSA) is 75.6 Å². The molecule has 1 amide bonds. The van der Waals surface area contributed by atoms with Crippen molar-refractivity contribution in [2.75, 3.05) is 0 Å². The molecule has 0 saturated heterocycles. The standard InChI is InChI=1S/C17H15ClFNO4/c18-13-7-6-12(8-14(13)19)9-15(16(21)22)20-17(23)24-10-11-4-2-1-3-5-11/h1-8,15H,9-10H2,(H,20,23)(H,21,22)/t15-/m1/s1. The summed E-state index contributed by atoms with van der Waals surface area (Å²) in [6, 6.07) is 11.7. The van der Waals surface area contributed by atoms with Crippen LogP contribution >= 0.6 is 11.6 Å². The lowest BCUT2D eigenvalue weighted by Gasteiger charge is -2.15. The molecule has 1 atom stereocenters. The van der Waals surface area contributed by atoms with Crippen LogP contribution in [0.5, 0.6) is 0 Å². The van der Waals surface area contributed by atoms with Gasteiger partial charge in [-0.25, -0.2) is 14.0 Å². The van der Waals surface area contributed by atoms with Crippen LogP contribution in [0.2, 0.25) is 5.02 Å². The summed E-state index contributed by atoms with van der Waals surface area (Å²) in [5, 5.41) is 11.4. The van der Waals surface area contributed by atoms with E-state index in [0.29, 0.717) is 5.56 Å². The molecule has 126 valence electrons.